The van der Waals surface area contributed by atoms with E-state index in [0.717, 1.165) is 21.5 Å². The third-order valence-corrected chi connectivity index (χ3v) is 5.40. The van der Waals surface area contributed by atoms with Crippen LogP contribution in [0, 0.1) is 0 Å². The summed E-state index contributed by atoms with van der Waals surface area (Å²) in [6.45, 7) is 2.40. The zero-order chi connectivity index (χ0) is 11.0. The van der Waals surface area contributed by atoms with E-state index in [1.807, 2.05) is 12.1 Å². The van der Waals surface area contributed by atoms with Crippen molar-refractivity contribution in [2.75, 3.05) is 6.79 Å². The topological polar surface area (TPSA) is 18.5 Å². The first kappa shape index (κ1) is 11.7. The van der Waals surface area contributed by atoms with Gasteiger partial charge in [0.05, 0.1) is 4.83 Å². The maximum atomic E-state index is 5.34. The van der Waals surface area contributed by atoms with Gasteiger partial charge in [0.1, 0.15) is 0 Å². The van der Waals surface area contributed by atoms with Crippen LogP contribution in [0.3, 0.4) is 0 Å². The molecule has 0 saturated carbocycles. The lowest BCUT2D eigenvalue weighted by Crippen LogP contribution is -2.02. The third kappa shape index (κ3) is 2.34. The molecular weight excluding hydrogens is 392 g/mol. The molecule has 0 aromatic heterocycles. The van der Waals surface area contributed by atoms with Crippen LogP contribution in [0.4, 0.5) is 0 Å². The molecule has 1 aliphatic heterocycles. The summed E-state index contributed by atoms with van der Waals surface area (Å²) in [5.74, 6) is 1.61. The van der Waals surface area contributed by atoms with Crippen LogP contribution in [-0.4, -0.2) is 11.6 Å². The number of ether oxygens (including phenoxy) is 2. The summed E-state index contributed by atoms with van der Waals surface area (Å²) in [5, 5.41) is 0. The second-order valence-electron chi connectivity index (χ2n) is 3.31. The average Bonchev–Trinajstić information content (AvgIpc) is 2.62. The highest BCUT2D eigenvalue weighted by Gasteiger charge is 2.22. The van der Waals surface area contributed by atoms with Crippen molar-refractivity contribution >= 4 is 47.8 Å². The van der Waals surface area contributed by atoms with Crippen molar-refractivity contribution in [2.45, 2.75) is 16.6 Å². The smallest absolute Gasteiger partial charge is 0.231 e. The summed E-state index contributed by atoms with van der Waals surface area (Å²) in [6.07, 6.45) is 0. The summed E-state index contributed by atoms with van der Waals surface area (Å²) < 4.78 is 11.7. The summed E-state index contributed by atoms with van der Waals surface area (Å²) >= 11 is 10.7. The van der Waals surface area contributed by atoms with E-state index in [4.69, 9.17) is 9.47 Å². The van der Waals surface area contributed by atoms with Crippen LogP contribution in [0.2, 0.25) is 0 Å². The van der Waals surface area contributed by atoms with Gasteiger partial charge in [-0.15, -0.1) is 0 Å². The molecule has 2 nitrogen and oxygen atoms in total. The Morgan fingerprint density at radius 1 is 1.20 bits per heavy atom. The molecule has 82 valence electrons. The maximum absolute atomic E-state index is 5.34. The van der Waals surface area contributed by atoms with E-state index >= 15 is 0 Å². The van der Waals surface area contributed by atoms with Crippen LogP contribution in [0.5, 0.6) is 11.5 Å². The molecule has 15 heavy (non-hydrogen) atoms. The first-order chi connectivity index (χ1) is 7.09. The minimum Gasteiger partial charge on any atom is -0.454 e. The Balaban J connectivity index is 2.40. The zero-order valence-electron chi connectivity index (χ0n) is 7.97. The van der Waals surface area contributed by atoms with Gasteiger partial charge in [-0.2, -0.15) is 0 Å². The predicted molar refractivity (Wildman–Crippen MR) is 70.3 cm³/mol. The Morgan fingerprint density at radius 2 is 1.80 bits per heavy atom. The quantitative estimate of drug-likeness (QED) is 0.685. The largest absolute Gasteiger partial charge is 0.454 e. The normalized spacial score (nSPS) is 17.6. The Labute approximate surface area is 114 Å². The van der Waals surface area contributed by atoms with Crippen LogP contribution in [0.15, 0.2) is 16.6 Å². The molecule has 1 heterocycles. The average molecular weight is 401 g/mol. The van der Waals surface area contributed by atoms with Crippen molar-refractivity contribution in [1.82, 2.24) is 0 Å². The van der Waals surface area contributed by atoms with Crippen molar-refractivity contribution in [2.24, 2.45) is 0 Å². The second kappa shape index (κ2) is 4.63. The van der Waals surface area contributed by atoms with E-state index in [1.165, 1.54) is 0 Å². The zero-order valence-corrected chi connectivity index (χ0v) is 12.7. The molecule has 0 radical (unpaired) electrons. The highest BCUT2D eigenvalue weighted by atomic mass is 79.9. The molecule has 0 spiro atoms. The SMILES string of the molecule is C[C@@H](Br)[C@@H](Br)c1cc2c(cc1Br)OCO2. The van der Waals surface area contributed by atoms with Crippen LogP contribution in [0.1, 0.15) is 17.3 Å². The lowest BCUT2D eigenvalue weighted by Gasteiger charge is -2.15. The van der Waals surface area contributed by atoms with Crippen LogP contribution < -0.4 is 9.47 Å². The van der Waals surface area contributed by atoms with Gasteiger partial charge in [-0.3, -0.25) is 0 Å². The lowest BCUT2D eigenvalue weighted by atomic mass is 10.1. The van der Waals surface area contributed by atoms with Gasteiger partial charge in [-0.05, 0) is 17.7 Å². The minimum absolute atomic E-state index is 0.237. The van der Waals surface area contributed by atoms with E-state index in [9.17, 15) is 0 Å². The number of benzene rings is 1. The highest BCUT2D eigenvalue weighted by Crippen LogP contribution is 2.43. The molecule has 2 atom stereocenters. The Hall–Kier alpha value is 0.260. The van der Waals surface area contributed by atoms with Crippen molar-refractivity contribution in [3.8, 4) is 11.5 Å². The van der Waals surface area contributed by atoms with E-state index in [1.54, 1.807) is 0 Å². The molecule has 0 N–H and O–H groups in total. The van der Waals surface area contributed by atoms with E-state index in [0.29, 0.717) is 11.6 Å². The predicted octanol–water partition coefficient (Wildman–Crippen LogP) is 4.40. The van der Waals surface area contributed by atoms with E-state index in [2.05, 4.69) is 54.7 Å². The first-order valence-electron chi connectivity index (χ1n) is 4.47. The molecule has 1 aliphatic rings. The fourth-order valence-electron chi connectivity index (χ4n) is 1.39. The number of hydrogen-bond donors (Lipinski definition) is 0. The van der Waals surface area contributed by atoms with Crippen molar-refractivity contribution in [1.29, 1.82) is 0 Å². The molecule has 0 saturated heterocycles. The lowest BCUT2D eigenvalue weighted by molar-refractivity contribution is 0.174. The van der Waals surface area contributed by atoms with Gasteiger partial charge in [-0.1, -0.05) is 54.7 Å². The van der Waals surface area contributed by atoms with Gasteiger partial charge in [0, 0.05) is 9.30 Å². The molecule has 0 amide bonds. The van der Waals surface area contributed by atoms with E-state index < -0.39 is 0 Å². The molecule has 0 aliphatic carbocycles. The maximum Gasteiger partial charge on any atom is 0.231 e. The van der Waals surface area contributed by atoms with Crippen LogP contribution >= 0.6 is 47.8 Å². The molecule has 5 heteroatoms. The molecule has 2 rings (SSSR count). The second-order valence-corrected chi connectivity index (χ2v) is 6.59. The first-order valence-corrected chi connectivity index (χ1v) is 7.09. The molecular formula is C10H9Br3O2. The Bertz CT molecular complexity index is 379. The van der Waals surface area contributed by atoms with E-state index in [-0.39, 0.29) is 4.83 Å². The Kier molecular flexibility index (Phi) is 3.63. The van der Waals surface area contributed by atoms with Gasteiger partial charge in [-0.25, -0.2) is 0 Å². The fourth-order valence-corrected chi connectivity index (χ4v) is 2.93. The molecule has 0 bridgehead atoms. The van der Waals surface area contributed by atoms with Crippen LogP contribution in [-0.2, 0) is 0 Å². The number of fused-ring (bicyclic) bond motifs is 1. The highest BCUT2D eigenvalue weighted by molar-refractivity contribution is 9.12. The molecule has 1 aromatic rings. The monoisotopic (exact) mass is 398 g/mol. The minimum atomic E-state index is 0.237. The third-order valence-electron chi connectivity index (χ3n) is 2.19. The van der Waals surface area contributed by atoms with Gasteiger partial charge in [0.25, 0.3) is 0 Å². The van der Waals surface area contributed by atoms with Crippen molar-refractivity contribution in [3.63, 3.8) is 0 Å². The number of hydrogen-bond acceptors (Lipinski definition) is 2. The summed E-state index contributed by atoms with van der Waals surface area (Å²) in [5.41, 5.74) is 1.16. The van der Waals surface area contributed by atoms with Gasteiger partial charge in [0.2, 0.25) is 6.79 Å². The number of alkyl halides is 2. The van der Waals surface area contributed by atoms with Gasteiger partial charge < -0.3 is 9.47 Å². The van der Waals surface area contributed by atoms with Gasteiger partial charge >= 0.3 is 0 Å². The van der Waals surface area contributed by atoms with Crippen LogP contribution in [0.25, 0.3) is 0 Å². The Morgan fingerprint density at radius 3 is 2.40 bits per heavy atom. The summed E-state index contributed by atoms with van der Waals surface area (Å²) in [7, 11) is 0. The summed E-state index contributed by atoms with van der Waals surface area (Å²) in [4.78, 5) is 0.579. The van der Waals surface area contributed by atoms with Crippen molar-refractivity contribution in [3.05, 3.63) is 22.2 Å². The van der Waals surface area contributed by atoms with Crippen molar-refractivity contribution < 1.29 is 9.47 Å². The number of halogens is 3. The molecule has 1 aromatic carbocycles. The molecule has 0 unspecified atom stereocenters. The fraction of sp³-hybridized carbons (Fsp3) is 0.400. The van der Waals surface area contributed by atoms with Gasteiger partial charge in [0.15, 0.2) is 11.5 Å². The summed E-state index contributed by atoms with van der Waals surface area (Å²) in [6, 6.07) is 3.95. The molecule has 0 fully saturated rings. The standard InChI is InChI=1S/C10H9Br3O2/c1-5(11)10(13)6-2-8-9(3-7(6)12)15-4-14-8/h2-3,5,10H,4H2,1H3/t5-,10-/m1/s1. The number of rotatable bonds is 2.